The number of pyridine rings is 2. The molecule has 4 fully saturated rings. The van der Waals surface area contributed by atoms with Gasteiger partial charge >= 0.3 is 43.1 Å². The highest BCUT2D eigenvalue weighted by atomic mass is 35.5. The van der Waals surface area contributed by atoms with Gasteiger partial charge in [-0.1, -0.05) is 60.5 Å². The quantitative estimate of drug-likeness (QED) is 0.0302. The molecule has 2 bridgehead atoms. The van der Waals surface area contributed by atoms with Gasteiger partial charge in [0, 0.05) is 104 Å². The number of fused-ring (bicyclic) bond motifs is 8. The molecule has 2 unspecified atom stereocenters. The van der Waals surface area contributed by atoms with Crippen LogP contribution in [0.3, 0.4) is 0 Å². The number of benzene rings is 8. The van der Waals surface area contributed by atoms with Crippen molar-refractivity contribution in [2.24, 2.45) is 10.4 Å². The van der Waals surface area contributed by atoms with Crippen molar-refractivity contribution in [3.05, 3.63) is 250 Å². The maximum absolute atomic E-state index is 13.0. The molecule has 6 atom stereocenters. The number of rotatable bonds is 14. The number of aromatic amines is 2. The van der Waals surface area contributed by atoms with E-state index in [1.54, 1.807) is 51.1 Å². The molecule has 16 rings (SSSR count). The average Bonchev–Trinajstić information content (AvgIpc) is 1.58. The van der Waals surface area contributed by atoms with Crippen LogP contribution in [0.25, 0.3) is 48.3 Å². The Hall–Kier alpha value is -14.1. The number of aliphatic hydroxyl groups excluding tert-OH is 2. The van der Waals surface area contributed by atoms with Crippen molar-refractivity contribution in [1.29, 1.82) is 21.0 Å². The number of amides is 5. The van der Waals surface area contributed by atoms with Crippen LogP contribution in [0.1, 0.15) is 115 Å². The molecule has 748 valence electrons. The summed E-state index contributed by atoms with van der Waals surface area (Å²) in [6, 6.07) is 42.5. The van der Waals surface area contributed by atoms with E-state index in [-0.39, 0.29) is 69.5 Å². The summed E-state index contributed by atoms with van der Waals surface area (Å²) < 4.78 is 237. The summed E-state index contributed by atoms with van der Waals surface area (Å²) in [5, 5.41) is 73.8. The van der Waals surface area contributed by atoms with Gasteiger partial charge in [0.05, 0.1) is 104 Å². The number of ether oxygens (including phenoxy) is 1. The van der Waals surface area contributed by atoms with Crippen LogP contribution in [-0.4, -0.2) is 158 Å². The molecule has 5 amide bonds. The number of aliphatic imine (C=N–C) groups is 1. The Labute approximate surface area is 812 Å². The van der Waals surface area contributed by atoms with Crippen molar-refractivity contribution in [1.82, 2.24) is 19.4 Å². The smallest absolute Gasteiger partial charge is 0.429 e. The summed E-state index contributed by atoms with van der Waals surface area (Å²) in [6.07, 6.45) is -25.1. The molecule has 0 spiro atoms. The number of anilines is 5. The molecule has 142 heavy (non-hydrogen) atoms. The molecule has 0 aliphatic carbocycles. The maximum atomic E-state index is 13.0. The largest absolute Gasteiger partial charge is 0.490 e. The fraction of sp³-hybridized carbons (Fsp3) is 0.333. The number of nitrogens with zero attached hydrogens (tertiary/aromatic N) is 11. The van der Waals surface area contributed by atoms with Crippen LogP contribution in [0, 0.1) is 78.1 Å². The topological polar surface area (TPSA) is 358 Å². The summed E-state index contributed by atoms with van der Waals surface area (Å²) in [7, 11) is 0. The number of nitriles is 4. The van der Waals surface area contributed by atoms with E-state index in [4.69, 9.17) is 50.3 Å². The normalized spacial score (nSPS) is 18.0. The molecule has 7 N–H and O–H groups in total. The fourth-order valence-corrected chi connectivity index (χ4v) is 17.4. The lowest BCUT2D eigenvalue weighted by Gasteiger charge is -2.39. The number of aliphatic hydroxyl groups is 3. The number of alkyl halides is 18. The number of carbonyl (C=O) groups is 4. The number of hydrogen-bond donors (Lipinski definition) is 7. The molecule has 0 radical (unpaired) electrons. The molecule has 8 heterocycles. The first-order chi connectivity index (χ1) is 65.8. The van der Waals surface area contributed by atoms with Gasteiger partial charge in [-0.05, 0) is 199 Å². The lowest BCUT2D eigenvalue weighted by Crippen LogP contribution is -2.45. The van der Waals surface area contributed by atoms with E-state index < -0.39 is 156 Å². The molecular formula is C96H83Cl2F18N15O10S. The Morgan fingerprint density at radius 1 is 0.634 bits per heavy atom. The van der Waals surface area contributed by atoms with Crippen molar-refractivity contribution in [2.45, 2.75) is 166 Å². The lowest BCUT2D eigenvalue weighted by molar-refractivity contribution is -0.140. The van der Waals surface area contributed by atoms with Crippen LogP contribution in [0.15, 0.2) is 166 Å². The second-order valence-corrected chi connectivity index (χ2v) is 34.6. The molecule has 5 aliphatic rings. The van der Waals surface area contributed by atoms with Gasteiger partial charge < -0.3 is 59.9 Å². The predicted octanol–water partition coefficient (Wildman–Crippen LogP) is 20.9. The van der Waals surface area contributed by atoms with Crippen molar-refractivity contribution in [3.63, 3.8) is 0 Å². The number of aryl methyl sites for hydroxylation is 2. The molecular weight excluding hydrogens is 1970 g/mol. The number of aromatic nitrogens is 3. The number of piperidine rings is 1. The Morgan fingerprint density at radius 3 is 1.76 bits per heavy atom. The van der Waals surface area contributed by atoms with Gasteiger partial charge in [-0.2, -0.15) is 114 Å². The van der Waals surface area contributed by atoms with E-state index in [9.17, 15) is 128 Å². The van der Waals surface area contributed by atoms with Crippen molar-refractivity contribution in [2.75, 3.05) is 58.1 Å². The first-order valence-electron chi connectivity index (χ1n) is 42.5. The first-order valence-corrected chi connectivity index (χ1v) is 43.2. The van der Waals surface area contributed by atoms with Gasteiger partial charge in [-0.3, -0.25) is 29.0 Å². The number of halogens is 20. The zero-order valence-electron chi connectivity index (χ0n) is 75.2. The van der Waals surface area contributed by atoms with Gasteiger partial charge in [0.2, 0.25) is 17.0 Å². The van der Waals surface area contributed by atoms with Gasteiger partial charge in [0.15, 0.2) is 11.3 Å². The molecule has 11 aromatic rings. The van der Waals surface area contributed by atoms with Crippen LogP contribution in [0.4, 0.5) is 118 Å². The highest BCUT2D eigenvalue weighted by Gasteiger charge is 2.54. The minimum absolute atomic E-state index is 0. The van der Waals surface area contributed by atoms with Crippen LogP contribution in [-0.2, 0) is 39.7 Å². The van der Waals surface area contributed by atoms with Crippen molar-refractivity contribution < 1.29 is 118 Å². The van der Waals surface area contributed by atoms with Gasteiger partial charge in [0.25, 0.3) is 11.8 Å². The molecule has 3 aromatic heterocycles. The highest BCUT2D eigenvalue weighted by molar-refractivity contribution is 7.59. The lowest BCUT2D eigenvalue weighted by atomic mass is 9.86. The third-order valence-corrected chi connectivity index (χ3v) is 24.4. The molecule has 4 saturated heterocycles. The standard InChI is InChI=1S/C19H14F3N3O3.C18H18N2O.C16H14ClF3N2O.C15H14F3N3O.C14H12ClN3O3.C14H9F9N2O.H2S/c1-18(27,11-28-15-6-2-12(9-23)3-7-15)17(26)25-14-5-4-13(10-24)16(8-14)19(20,21)22;19-11-12-5-8-18(17-4-2-1-3-16(12)17)20-13-6-7-14(20)10-15(21)9-13;1-3-11-8(2)14-12(22(11)7-16(18,19)20)5-4-10-15(14)9(17)6-13(23)21-10;1-9-6-10(4-5-11(9)19-3)21-13(22)14(2)7-12(20-8-14)15(16,17)18;1-7-9(3-2-8(6-16)11(7)15)18-13(20)12-10(19)4-5-17(12)14(18)21;15-12(16,17)5-25(6-13(18,19)20)7-1-2-10-8(3-7)9(14(21,22)23)4-11(26)24-10;/h2-8,27H,11H2,1H3,(H,25,26);1-5,8,13-15,21H,6-7,9-10H2;4-6H,3,7H2,1-2H3,(H,21,23);4-6H,7-8H2,1-2H3,(H,21,22);2-3,10,12,19H,4-5H2,1H3;1-4H,5-6H2,(H,24,26);1H2/t18-;;;14-;10-,12+;;/m1..11../s1. The summed E-state index contributed by atoms with van der Waals surface area (Å²) in [5.41, 5.74) is -2.69. The van der Waals surface area contributed by atoms with Crippen LogP contribution < -0.4 is 41.2 Å². The summed E-state index contributed by atoms with van der Waals surface area (Å²) >= 11 is 12.3. The van der Waals surface area contributed by atoms with Crippen LogP contribution in [0.5, 0.6) is 5.75 Å². The van der Waals surface area contributed by atoms with Crippen LogP contribution >= 0.6 is 36.7 Å². The second kappa shape index (κ2) is 43.6. The zero-order valence-corrected chi connectivity index (χ0v) is 77.7. The highest BCUT2D eigenvalue weighted by Crippen LogP contribution is 2.46. The molecule has 46 heteroatoms. The number of nitrogens with one attached hydrogen (secondary N) is 4. The van der Waals surface area contributed by atoms with E-state index in [2.05, 4.69) is 48.6 Å². The monoisotopic (exact) mass is 2050 g/mol. The molecule has 8 aromatic carbocycles. The van der Waals surface area contributed by atoms with E-state index >= 15 is 0 Å². The van der Waals surface area contributed by atoms with Crippen molar-refractivity contribution >= 4 is 144 Å². The summed E-state index contributed by atoms with van der Waals surface area (Å²) in [4.78, 5) is 88.4. The number of urea groups is 1. The Morgan fingerprint density at radius 2 is 1.20 bits per heavy atom. The first kappa shape index (κ1) is 110. The summed E-state index contributed by atoms with van der Waals surface area (Å²) in [5.74, 6) is -1.65. The average molecular weight is 2050 g/mol. The minimum atomic E-state index is -5.02. The second-order valence-electron chi connectivity index (χ2n) is 33.8. The Kier molecular flexibility index (Phi) is 33.7. The van der Waals surface area contributed by atoms with E-state index in [0.29, 0.717) is 111 Å². The number of H-pyrrole nitrogens is 2. The number of hydrogen-bond acceptors (Lipinski definition) is 17. The fourth-order valence-electron chi connectivity index (χ4n) is 16.9. The summed E-state index contributed by atoms with van der Waals surface area (Å²) in [6.45, 7) is 11.2. The van der Waals surface area contributed by atoms with Gasteiger partial charge in [-0.15, -0.1) is 0 Å². The molecule has 0 saturated carbocycles. The third kappa shape index (κ3) is 25.6. The SMILES string of the molecule is CCc1c(C)c2c3c(Cl)cc(=O)[nH]c3ccc2n1CC(F)(F)F.C[C@@](O)(COc1ccc(C#N)cc1)C(=O)Nc1ccc(C#N)c(C(F)(F)F)c1.Cc1c(N2C(=O)[C@@H]3[C@H](O)CCN3C2=O)ccc(C#N)c1Cl.N#Cc1ccc(N2C3CCC2CC(O)C3)c2ccccc12.O=c1cc(C(F)(F)F)c2cc(N(CC(F)(F)F)CC(F)(F)F)ccc2[nH]1.S.[C-]#[N+]c1ccc(NC(=O)[C@@]2(C)CN=C(C(F)(F)F)C2)cc1C. The molecule has 25 nitrogen and oxygen atoms in total. The van der Waals surface area contributed by atoms with Crippen molar-refractivity contribution in [3.8, 4) is 30.0 Å². The van der Waals surface area contributed by atoms with Gasteiger partial charge in [-0.25, -0.2) is 14.5 Å². The minimum Gasteiger partial charge on any atom is -0.490 e. The third-order valence-electron chi connectivity index (χ3n) is 23.6. The number of carbonyl (C=O) groups excluding carboxylic acids is 4. The number of imide groups is 1. The zero-order chi connectivity index (χ0) is 104. The molecule has 5 aliphatic heterocycles. The Bertz CT molecular complexity index is 7020. The maximum Gasteiger partial charge on any atom is 0.429 e. The van der Waals surface area contributed by atoms with E-state index in [0.717, 1.165) is 83.7 Å². The van der Waals surface area contributed by atoms with E-state index in [1.165, 1.54) is 70.6 Å². The predicted molar refractivity (Wildman–Crippen MR) is 497 cm³/mol. The van der Waals surface area contributed by atoms with Gasteiger partial charge in [0.1, 0.15) is 49.8 Å². The Balaban J connectivity index is 0.000000175. The van der Waals surface area contributed by atoms with Crippen LogP contribution in [0.2, 0.25) is 10.0 Å². The van der Waals surface area contributed by atoms with E-state index in [1.807, 2.05) is 48.3 Å².